The third-order valence-electron chi connectivity index (χ3n) is 6.19. The van der Waals surface area contributed by atoms with Gasteiger partial charge in [0, 0.05) is 36.9 Å². The van der Waals surface area contributed by atoms with Gasteiger partial charge in [-0.05, 0) is 46.9 Å². The zero-order valence-electron chi connectivity index (χ0n) is 16.9. The molecule has 3 aromatic carbocycles. The van der Waals surface area contributed by atoms with Crippen molar-refractivity contribution in [2.45, 2.75) is 13.0 Å². The molecular formula is C25H24ClN3O. The number of benzene rings is 3. The van der Waals surface area contributed by atoms with Crippen molar-refractivity contribution in [2.75, 3.05) is 31.5 Å². The van der Waals surface area contributed by atoms with Crippen LogP contribution >= 0.6 is 11.6 Å². The molecule has 0 aromatic heterocycles. The van der Waals surface area contributed by atoms with Gasteiger partial charge in [-0.1, -0.05) is 66.2 Å². The number of carbonyl (C=O) groups is 1. The highest BCUT2D eigenvalue weighted by atomic mass is 35.5. The molecule has 4 nitrogen and oxygen atoms in total. The molecule has 3 aromatic rings. The molecular weight excluding hydrogens is 394 g/mol. The van der Waals surface area contributed by atoms with Gasteiger partial charge < -0.3 is 10.2 Å². The number of piperazine rings is 1. The summed E-state index contributed by atoms with van der Waals surface area (Å²) < 4.78 is 0. The number of carbonyl (C=O) groups excluding carboxylic acids is 1. The largest absolute Gasteiger partial charge is 0.322 e. The first-order chi connectivity index (χ1) is 14.6. The van der Waals surface area contributed by atoms with E-state index in [-0.39, 0.29) is 12.1 Å². The fraction of sp³-hybridized carbons (Fsp3) is 0.240. The maximum Gasteiger partial charge on any atom is 0.321 e. The SMILES string of the molecule is Cc1ccc(NC(=O)N2CCN(C3c4ccccc4-c4ccccc43)CC2)cc1Cl. The van der Waals surface area contributed by atoms with E-state index < -0.39 is 0 Å². The molecule has 2 aliphatic rings. The lowest BCUT2D eigenvalue weighted by Gasteiger charge is -2.38. The summed E-state index contributed by atoms with van der Waals surface area (Å²) in [6.07, 6.45) is 0. The molecule has 1 saturated heterocycles. The Morgan fingerprint density at radius 1 is 0.900 bits per heavy atom. The van der Waals surface area contributed by atoms with Gasteiger partial charge in [0.15, 0.2) is 0 Å². The minimum absolute atomic E-state index is 0.0678. The highest BCUT2D eigenvalue weighted by Gasteiger charge is 2.34. The van der Waals surface area contributed by atoms with Crippen LogP contribution in [-0.2, 0) is 0 Å². The standard InChI is InChI=1S/C25H24ClN3O/c1-17-10-11-18(16-23(17)26)27-25(30)29-14-12-28(13-15-29)24-21-8-4-2-6-19(21)20-7-3-5-9-22(20)24/h2-11,16,24H,12-15H2,1H3,(H,27,30). The van der Waals surface area contributed by atoms with Crippen molar-refractivity contribution in [3.05, 3.63) is 88.4 Å². The van der Waals surface area contributed by atoms with E-state index in [0.29, 0.717) is 18.1 Å². The van der Waals surface area contributed by atoms with Crippen molar-refractivity contribution >= 4 is 23.3 Å². The minimum Gasteiger partial charge on any atom is -0.322 e. The van der Waals surface area contributed by atoms with Gasteiger partial charge in [-0.25, -0.2) is 4.79 Å². The predicted octanol–water partition coefficient (Wildman–Crippen LogP) is 5.57. The van der Waals surface area contributed by atoms with E-state index >= 15 is 0 Å². The van der Waals surface area contributed by atoms with E-state index in [1.54, 1.807) is 6.07 Å². The number of amides is 2. The van der Waals surface area contributed by atoms with Gasteiger partial charge in [-0.15, -0.1) is 0 Å². The zero-order valence-corrected chi connectivity index (χ0v) is 17.7. The number of anilines is 1. The van der Waals surface area contributed by atoms with Crippen molar-refractivity contribution in [1.29, 1.82) is 0 Å². The number of fused-ring (bicyclic) bond motifs is 3. The third kappa shape index (κ3) is 3.36. The molecule has 1 aliphatic heterocycles. The predicted molar refractivity (Wildman–Crippen MR) is 122 cm³/mol. The first kappa shape index (κ1) is 19.2. The average molecular weight is 418 g/mol. The summed E-state index contributed by atoms with van der Waals surface area (Å²) in [4.78, 5) is 17.1. The molecule has 1 fully saturated rings. The molecule has 30 heavy (non-hydrogen) atoms. The lowest BCUT2D eigenvalue weighted by Crippen LogP contribution is -2.50. The van der Waals surface area contributed by atoms with Crippen molar-refractivity contribution in [3.63, 3.8) is 0 Å². The normalized spacial score (nSPS) is 16.3. The van der Waals surface area contributed by atoms with Crippen LogP contribution < -0.4 is 5.32 Å². The molecule has 0 bridgehead atoms. The second-order valence-electron chi connectivity index (χ2n) is 7.99. The molecule has 0 radical (unpaired) electrons. The van der Waals surface area contributed by atoms with Gasteiger partial charge in [0.25, 0.3) is 0 Å². The second kappa shape index (κ2) is 7.78. The van der Waals surface area contributed by atoms with Crippen LogP contribution in [0.3, 0.4) is 0 Å². The number of rotatable bonds is 2. The van der Waals surface area contributed by atoms with Gasteiger partial charge in [0.1, 0.15) is 0 Å². The third-order valence-corrected chi connectivity index (χ3v) is 6.60. The molecule has 1 heterocycles. The summed E-state index contributed by atoms with van der Waals surface area (Å²) in [5.41, 5.74) is 7.12. The molecule has 0 atom stereocenters. The van der Waals surface area contributed by atoms with Crippen molar-refractivity contribution in [1.82, 2.24) is 9.80 Å². The van der Waals surface area contributed by atoms with Crippen molar-refractivity contribution in [3.8, 4) is 11.1 Å². The van der Waals surface area contributed by atoms with Crippen molar-refractivity contribution < 1.29 is 4.79 Å². The quantitative estimate of drug-likeness (QED) is 0.591. The Morgan fingerprint density at radius 2 is 1.50 bits per heavy atom. The number of hydrogen-bond donors (Lipinski definition) is 1. The number of urea groups is 1. The van der Waals surface area contributed by atoms with Crippen LogP contribution in [0.5, 0.6) is 0 Å². The molecule has 0 unspecified atom stereocenters. The fourth-order valence-electron chi connectivity index (χ4n) is 4.58. The highest BCUT2D eigenvalue weighted by Crippen LogP contribution is 2.46. The highest BCUT2D eigenvalue weighted by molar-refractivity contribution is 6.31. The smallest absolute Gasteiger partial charge is 0.321 e. The molecule has 5 heteroatoms. The van der Waals surface area contributed by atoms with E-state index in [1.807, 2.05) is 24.0 Å². The molecule has 1 aliphatic carbocycles. The summed E-state index contributed by atoms with van der Waals surface area (Å²) in [6, 6.07) is 23.2. The fourth-order valence-corrected chi connectivity index (χ4v) is 4.76. The summed E-state index contributed by atoms with van der Waals surface area (Å²) in [7, 11) is 0. The Labute approximate surface area is 182 Å². The molecule has 0 saturated carbocycles. The maximum atomic E-state index is 12.7. The van der Waals surface area contributed by atoms with Crippen LogP contribution in [0.25, 0.3) is 11.1 Å². The summed E-state index contributed by atoms with van der Waals surface area (Å²) >= 11 is 6.19. The van der Waals surface area contributed by atoms with Crippen molar-refractivity contribution in [2.24, 2.45) is 0 Å². The molecule has 1 N–H and O–H groups in total. The number of halogens is 1. The lowest BCUT2D eigenvalue weighted by molar-refractivity contribution is 0.128. The Kier molecular flexibility index (Phi) is 4.97. The van der Waals surface area contributed by atoms with Crippen LogP contribution in [0.4, 0.5) is 10.5 Å². The molecule has 0 spiro atoms. The number of aryl methyl sites for hydroxylation is 1. The Morgan fingerprint density at radius 3 is 2.10 bits per heavy atom. The van der Waals surface area contributed by atoms with E-state index in [2.05, 4.69) is 58.7 Å². The average Bonchev–Trinajstić information content (AvgIpc) is 3.11. The maximum absolute atomic E-state index is 12.7. The lowest BCUT2D eigenvalue weighted by atomic mass is 10.0. The first-order valence-electron chi connectivity index (χ1n) is 10.4. The van der Waals surface area contributed by atoms with E-state index in [0.717, 1.165) is 24.3 Å². The summed E-state index contributed by atoms with van der Waals surface area (Å²) in [5.74, 6) is 0. The Bertz CT molecular complexity index is 1060. The van der Waals surface area contributed by atoms with E-state index in [4.69, 9.17) is 11.6 Å². The summed E-state index contributed by atoms with van der Waals surface area (Å²) in [6.45, 7) is 5.04. The van der Waals surface area contributed by atoms with Crippen LogP contribution in [0, 0.1) is 6.92 Å². The monoisotopic (exact) mass is 417 g/mol. The summed E-state index contributed by atoms with van der Waals surface area (Å²) in [5, 5.41) is 3.64. The molecule has 2 amide bonds. The topological polar surface area (TPSA) is 35.6 Å². The van der Waals surface area contributed by atoms with Crippen LogP contribution in [0.2, 0.25) is 5.02 Å². The van der Waals surface area contributed by atoms with Gasteiger partial charge >= 0.3 is 6.03 Å². The van der Waals surface area contributed by atoms with Crippen LogP contribution in [0.15, 0.2) is 66.7 Å². The van der Waals surface area contributed by atoms with Gasteiger partial charge in [0.2, 0.25) is 0 Å². The van der Waals surface area contributed by atoms with E-state index in [9.17, 15) is 4.79 Å². The Hall–Kier alpha value is -2.82. The van der Waals surface area contributed by atoms with Gasteiger partial charge in [-0.2, -0.15) is 0 Å². The van der Waals surface area contributed by atoms with Crippen LogP contribution in [-0.4, -0.2) is 42.0 Å². The second-order valence-corrected chi connectivity index (χ2v) is 8.40. The van der Waals surface area contributed by atoms with Gasteiger partial charge in [-0.3, -0.25) is 4.90 Å². The minimum atomic E-state index is -0.0678. The molecule has 152 valence electrons. The zero-order chi connectivity index (χ0) is 20.7. The number of nitrogens with zero attached hydrogens (tertiary/aromatic N) is 2. The number of hydrogen-bond acceptors (Lipinski definition) is 2. The van der Waals surface area contributed by atoms with Gasteiger partial charge in [0.05, 0.1) is 6.04 Å². The number of nitrogens with one attached hydrogen (secondary N) is 1. The molecule has 5 rings (SSSR count). The first-order valence-corrected chi connectivity index (χ1v) is 10.7. The van der Waals surface area contributed by atoms with E-state index in [1.165, 1.54) is 22.3 Å². The Balaban J connectivity index is 1.29. The van der Waals surface area contributed by atoms with Crippen LogP contribution in [0.1, 0.15) is 22.7 Å².